The highest BCUT2D eigenvalue weighted by Gasteiger charge is 2.04. The lowest BCUT2D eigenvalue weighted by molar-refractivity contribution is 0.663. The molecule has 0 saturated heterocycles. The van der Waals surface area contributed by atoms with Crippen LogP contribution in [0.1, 0.15) is 30.2 Å². The van der Waals surface area contributed by atoms with Gasteiger partial charge in [0.2, 0.25) is 0 Å². The summed E-state index contributed by atoms with van der Waals surface area (Å²) in [6, 6.07) is 0.304. The van der Waals surface area contributed by atoms with E-state index < -0.39 is 0 Å². The molecule has 2 nitrogen and oxygen atoms in total. The quantitative estimate of drug-likeness (QED) is 0.707. The predicted octanol–water partition coefficient (Wildman–Crippen LogP) is 1.91. The van der Waals surface area contributed by atoms with Crippen molar-refractivity contribution in [2.45, 2.75) is 39.7 Å². The molecule has 0 amide bonds. The normalized spacial score (nSPS) is 13.3. The molecule has 0 saturated carbocycles. The van der Waals surface area contributed by atoms with Gasteiger partial charge in [-0.15, -0.1) is 0 Å². The van der Waals surface area contributed by atoms with Crippen LogP contribution in [-0.2, 0) is 6.42 Å². The average molecular weight is 166 g/mol. The van der Waals surface area contributed by atoms with Gasteiger partial charge in [-0.1, -0.05) is 0 Å². The fourth-order valence-electron chi connectivity index (χ4n) is 1.44. The number of nitrogens with one attached hydrogen (secondary N) is 1. The fourth-order valence-corrected chi connectivity index (χ4v) is 1.44. The van der Waals surface area contributed by atoms with Gasteiger partial charge >= 0.3 is 0 Å². The minimum atomic E-state index is 0.304. The highest BCUT2D eigenvalue weighted by Crippen LogP contribution is 2.14. The summed E-state index contributed by atoms with van der Waals surface area (Å²) >= 11 is 0. The van der Waals surface area contributed by atoms with Crippen molar-refractivity contribution in [2.75, 3.05) is 0 Å². The van der Waals surface area contributed by atoms with Gasteiger partial charge in [-0.2, -0.15) is 0 Å². The van der Waals surface area contributed by atoms with E-state index in [4.69, 9.17) is 5.73 Å². The van der Waals surface area contributed by atoms with E-state index in [0.717, 1.165) is 12.8 Å². The van der Waals surface area contributed by atoms with E-state index in [0.29, 0.717) is 6.04 Å². The Hall–Kier alpha value is -0.760. The van der Waals surface area contributed by atoms with Gasteiger partial charge in [0.15, 0.2) is 0 Å². The molecule has 1 aromatic heterocycles. The third-order valence-corrected chi connectivity index (χ3v) is 2.28. The van der Waals surface area contributed by atoms with Crippen LogP contribution in [0.15, 0.2) is 6.20 Å². The Morgan fingerprint density at radius 3 is 2.58 bits per heavy atom. The van der Waals surface area contributed by atoms with Gasteiger partial charge in [0, 0.05) is 17.9 Å². The third kappa shape index (κ3) is 2.11. The minimum absolute atomic E-state index is 0.304. The maximum Gasteiger partial charge on any atom is 0.0150 e. The summed E-state index contributed by atoms with van der Waals surface area (Å²) in [7, 11) is 0. The zero-order chi connectivity index (χ0) is 9.14. The molecular weight excluding hydrogens is 148 g/mol. The number of aryl methyl sites for hydroxylation is 2. The summed E-state index contributed by atoms with van der Waals surface area (Å²) in [5.74, 6) is 0. The molecule has 1 rings (SSSR count). The van der Waals surface area contributed by atoms with Gasteiger partial charge in [-0.25, -0.2) is 0 Å². The highest BCUT2D eigenvalue weighted by atomic mass is 14.7. The number of nitrogens with two attached hydrogens (primary N) is 1. The van der Waals surface area contributed by atoms with Gasteiger partial charge < -0.3 is 10.7 Å². The van der Waals surface area contributed by atoms with Crippen molar-refractivity contribution in [3.8, 4) is 0 Å². The van der Waals surface area contributed by atoms with Crippen molar-refractivity contribution in [1.29, 1.82) is 0 Å². The van der Waals surface area contributed by atoms with Crippen molar-refractivity contribution >= 4 is 0 Å². The van der Waals surface area contributed by atoms with Crippen molar-refractivity contribution < 1.29 is 0 Å². The molecular formula is C10H18N2. The van der Waals surface area contributed by atoms with E-state index in [1.54, 1.807) is 0 Å². The molecule has 0 aliphatic heterocycles. The standard InChI is InChI=1S/C10H18N2/c1-7-6-12-9(3)10(7)5-4-8(2)11/h6,8,12H,4-5,11H2,1-3H3/t8-/m0/s1. The molecule has 0 aromatic carbocycles. The van der Waals surface area contributed by atoms with Crippen LogP contribution in [-0.4, -0.2) is 11.0 Å². The summed E-state index contributed by atoms with van der Waals surface area (Å²) in [5.41, 5.74) is 9.78. The number of hydrogen-bond acceptors (Lipinski definition) is 1. The SMILES string of the molecule is Cc1c[nH]c(C)c1CC[C@H](C)N. The molecule has 0 bridgehead atoms. The molecule has 0 aliphatic rings. The van der Waals surface area contributed by atoms with Crippen LogP contribution in [0.4, 0.5) is 0 Å². The lowest BCUT2D eigenvalue weighted by atomic mass is 10.0. The second kappa shape index (κ2) is 3.76. The van der Waals surface area contributed by atoms with E-state index in [9.17, 15) is 0 Å². The van der Waals surface area contributed by atoms with Gasteiger partial charge in [-0.05, 0) is 44.7 Å². The molecule has 68 valence electrons. The van der Waals surface area contributed by atoms with Crippen molar-refractivity contribution in [3.63, 3.8) is 0 Å². The molecule has 12 heavy (non-hydrogen) atoms. The van der Waals surface area contributed by atoms with Crippen molar-refractivity contribution in [1.82, 2.24) is 4.98 Å². The Kier molecular flexibility index (Phi) is 2.93. The second-order valence-corrected chi connectivity index (χ2v) is 3.59. The molecule has 0 aliphatic carbocycles. The van der Waals surface area contributed by atoms with Crippen LogP contribution in [0.5, 0.6) is 0 Å². The smallest absolute Gasteiger partial charge is 0.0150 e. The Morgan fingerprint density at radius 2 is 2.17 bits per heavy atom. The summed E-state index contributed by atoms with van der Waals surface area (Å²) in [5, 5.41) is 0. The summed E-state index contributed by atoms with van der Waals surface area (Å²) in [4.78, 5) is 3.22. The topological polar surface area (TPSA) is 41.8 Å². The first-order valence-electron chi connectivity index (χ1n) is 4.50. The number of rotatable bonds is 3. The fraction of sp³-hybridized carbons (Fsp3) is 0.600. The zero-order valence-corrected chi connectivity index (χ0v) is 8.15. The van der Waals surface area contributed by atoms with Crippen LogP contribution in [0.3, 0.4) is 0 Å². The average Bonchev–Trinajstić information content (AvgIpc) is 2.28. The van der Waals surface area contributed by atoms with Gasteiger partial charge in [0.05, 0.1) is 0 Å². The Morgan fingerprint density at radius 1 is 1.50 bits per heavy atom. The first kappa shape index (κ1) is 9.33. The lowest BCUT2D eigenvalue weighted by Crippen LogP contribution is -2.15. The first-order chi connectivity index (χ1) is 5.61. The Balaban J connectivity index is 2.62. The van der Waals surface area contributed by atoms with Gasteiger partial charge in [0.1, 0.15) is 0 Å². The number of H-pyrrole nitrogens is 1. The summed E-state index contributed by atoms with van der Waals surface area (Å²) in [6.45, 7) is 6.31. The van der Waals surface area contributed by atoms with E-state index in [-0.39, 0.29) is 0 Å². The molecule has 2 heteroatoms. The Labute approximate surface area is 74.2 Å². The number of aromatic amines is 1. The molecule has 0 spiro atoms. The van der Waals surface area contributed by atoms with Crippen LogP contribution in [0, 0.1) is 13.8 Å². The lowest BCUT2D eigenvalue weighted by Gasteiger charge is -2.05. The van der Waals surface area contributed by atoms with Crippen LogP contribution in [0.2, 0.25) is 0 Å². The molecule has 0 unspecified atom stereocenters. The van der Waals surface area contributed by atoms with Crippen LogP contribution in [0.25, 0.3) is 0 Å². The molecule has 1 atom stereocenters. The highest BCUT2D eigenvalue weighted by molar-refractivity contribution is 5.28. The maximum atomic E-state index is 5.70. The number of aromatic nitrogens is 1. The Bertz CT molecular complexity index is 229. The van der Waals surface area contributed by atoms with E-state index in [1.165, 1.54) is 16.8 Å². The molecule has 3 N–H and O–H groups in total. The van der Waals surface area contributed by atoms with Crippen LogP contribution >= 0.6 is 0 Å². The molecule has 0 fully saturated rings. The minimum Gasteiger partial charge on any atom is -0.365 e. The first-order valence-corrected chi connectivity index (χ1v) is 4.50. The second-order valence-electron chi connectivity index (χ2n) is 3.59. The van der Waals surface area contributed by atoms with E-state index >= 15 is 0 Å². The van der Waals surface area contributed by atoms with Crippen LogP contribution < -0.4 is 5.73 Å². The largest absolute Gasteiger partial charge is 0.365 e. The van der Waals surface area contributed by atoms with Gasteiger partial charge in [-0.3, -0.25) is 0 Å². The maximum absolute atomic E-state index is 5.70. The van der Waals surface area contributed by atoms with E-state index in [1.807, 2.05) is 0 Å². The predicted molar refractivity (Wildman–Crippen MR) is 52.2 cm³/mol. The summed E-state index contributed by atoms with van der Waals surface area (Å²) in [6.07, 6.45) is 4.23. The van der Waals surface area contributed by atoms with Crippen molar-refractivity contribution in [2.24, 2.45) is 5.73 Å². The monoisotopic (exact) mass is 166 g/mol. The molecule has 1 aromatic rings. The molecule has 0 radical (unpaired) electrons. The number of hydrogen-bond donors (Lipinski definition) is 2. The summed E-state index contributed by atoms with van der Waals surface area (Å²) < 4.78 is 0. The third-order valence-electron chi connectivity index (χ3n) is 2.28. The molecule has 1 heterocycles. The zero-order valence-electron chi connectivity index (χ0n) is 8.15. The van der Waals surface area contributed by atoms with Crippen molar-refractivity contribution in [3.05, 3.63) is 23.0 Å². The van der Waals surface area contributed by atoms with Gasteiger partial charge in [0.25, 0.3) is 0 Å². The van der Waals surface area contributed by atoms with E-state index in [2.05, 4.69) is 32.0 Å².